The van der Waals surface area contributed by atoms with Gasteiger partial charge in [-0.2, -0.15) is 0 Å². The van der Waals surface area contributed by atoms with Crippen LogP contribution in [0, 0.1) is 0 Å². The smallest absolute Gasteiger partial charge is 0.178 e. The monoisotopic (exact) mass is 305 g/mol. The highest BCUT2D eigenvalue weighted by atomic mass is 16.1. The Balaban J connectivity index is 1.99. The molecule has 0 N–H and O–H groups in total. The number of hydrogen-bond donors (Lipinski definition) is 0. The van der Waals surface area contributed by atoms with E-state index in [0.717, 1.165) is 23.2 Å². The maximum Gasteiger partial charge on any atom is 0.178 e. The first-order valence-electron chi connectivity index (χ1n) is 7.85. The fourth-order valence-corrected chi connectivity index (χ4v) is 2.21. The topological polar surface area (TPSA) is 20.3 Å². The first-order chi connectivity index (χ1) is 11.1. The van der Waals surface area contributed by atoms with Gasteiger partial charge in [-0.1, -0.05) is 55.5 Å². The number of aryl methyl sites for hydroxylation is 1. The Morgan fingerprint density at radius 3 is 2.22 bits per heavy atom. The molecule has 0 bridgehead atoms. The molecule has 0 saturated carbocycles. The number of ketones is 1. The fraction of sp³-hybridized carbons (Fsp3) is 0.190. The van der Waals surface area contributed by atoms with E-state index in [0.29, 0.717) is 0 Å². The molecule has 2 aromatic rings. The molecule has 0 heterocycles. The van der Waals surface area contributed by atoms with Gasteiger partial charge in [0.2, 0.25) is 0 Å². The van der Waals surface area contributed by atoms with E-state index in [9.17, 15) is 4.79 Å². The third-order valence-electron chi connectivity index (χ3n) is 3.65. The van der Waals surface area contributed by atoms with Gasteiger partial charge in [0.15, 0.2) is 5.78 Å². The molecule has 0 amide bonds. The summed E-state index contributed by atoms with van der Waals surface area (Å²) in [6.45, 7) is 2.12. The van der Waals surface area contributed by atoms with E-state index in [1.54, 1.807) is 12.2 Å². The van der Waals surface area contributed by atoms with Crippen molar-refractivity contribution >= 4 is 23.6 Å². The van der Waals surface area contributed by atoms with Crippen LogP contribution in [0.15, 0.2) is 60.7 Å². The number of hydrogen-bond acceptors (Lipinski definition) is 2. The van der Waals surface area contributed by atoms with Crippen molar-refractivity contribution < 1.29 is 4.79 Å². The van der Waals surface area contributed by atoms with Crippen molar-refractivity contribution in [3.63, 3.8) is 0 Å². The Hall–Kier alpha value is -2.61. The first kappa shape index (κ1) is 16.8. The summed E-state index contributed by atoms with van der Waals surface area (Å²) in [4.78, 5) is 14.0. The van der Waals surface area contributed by atoms with Crippen molar-refractivity contribution in [2.45, 2.75) is 13.3 Å². The predicted octanol–water partition coefficient (Wildman–Crippen LogP) is 4.61. The molecule has 0 spiro atoms. The van der Waals surface area contributed by atoms with Gasteiger partial charge in [0, 0.05) is 19.8 Å². The summed E-state index contributed by atoms with van der Waals surface area (Å²) in [6.07, 6.45) is 7.92. The summed E-state index contributed by atoms with van der Waals surface area (Å²) in [5.74, 6) is -0.0106. The molecule has 2 rings (SSSR count). The van der Waals surface area contributed by atoms with E-state index < -0.39 is 0 Å². The highest BCUT2D eigenvalue weighted by molar-refractivity contribution is 6.04. The molecular formula is C21H23NO. The molecule has 0 unspecified atom stereocenters. The van der Waals surface area contributed by atoms with E-state index in [-0.39, 0.29) is 5.78 Å². The minimum absolute atomic E-state index is 0.0106. The second-order valence-corrected chi connectivity index (χ2v) is 5.65. The van der Waals surface area contributed by atoms with E-state index in [1.807, 2.05) is 67.5 Å². The maximum atomic E-state index is 11.9. The molecule has 2 heteroatoms. The normalized spacial score (nSPS) is 11.3. The van der Waals surface area contributed by atoms with Crippen LogP contribution in [-0.4, -0.2) is 19.9 Å². The standard InChI is InChI=1S/C21H23NO/c1-4-17-6-5-7-19(16-17)11-15-21(23)14-10-18-8-12-20(13-9-18)22(2)3/h5-16H,4H2,1-3H3. The number of benzene rings is 2. The van der Waals surface area contributed by atoms with Gasteiger partial charge in [-0.3, -0.25) is 4.79 Å². The molecule has 0 aliphatic carbocycles. The molecule has 0 radical (unpaired) electrons. The van der Waals surface area contributed by atoms with Crippen LogP contribution in [0.2, 0.25) is 0 Å². The van der Waals surface area contributed by atoms with Crippen molar-refractivity contribution in [2.75, 3.05) is 19.0 Å². The van der Waals surface area contributed by atoms with Crippen LogP contribution in [-0.2, 0) is 11.2 Å². The second-order valence-electron chi connectivity index (χ2n) is 5.65. The van der Waals surface area contributed by atoms with Gasteiger partial charge in [0.1, 0.15) is 0 Å². The summed E-state index contributed by atoms with van der Waals surface area (Å²) in [6, 6.07) is 16.3. The molecule has 0 aliphatic rings. The van der Waals surface area contributed by atoms with Crippen LogP contribution in [0.1, 0.15) is 23.6 Å². The fourth-order valence-electron chi connectivity index (χ4n) is 2.21. The number of allylic oxidation sites excluding steroid dienone is 2. The number of rotatable bonds is 6. The van der Waals surface area contributed by atoms with Gasteiger partial charge in [0.05, 0.1) is 0 Å². The quantitative estimate of drug-likeness (QED) is 0.726. The molecule has 2 aromatic carbocycles. The van der Waals surface area contributed by atoms with Crippen LogP contribution in [0.25, 0.3) is 12.2 Å². The lowest BCUT2D eigenvalue weighted by Gasteiger charge is -2.11. The summed E-state index contributed by atoms with van der Waals surface area (Å²) in [5.41, 5.74) is 4.49. The third kappa shape index (κ3) is 5.26. The zero-order chi connectivity index (χ0) is 16.7. The Labute approximate surface area is 138 Å². The second kappa shape index (κ2) is 8.14. The van der Waals surface area contributed by atoms with Crippen LogP contribution < -0.4 is 4.90 Å². The molecule has 118 valence electrons. The average molecular weight is 305 g/mol. The zero-order valence-corrected chi connectivity index (χ0v) is 14.0. The molecule has 0 aromatic heterocycles. The molecule has 2 nitrogen and oxygen atoms in total. The highest BCUT2D eigenvalue weighted by Crippen LogP contribution is 2.13. The number of carbonyl (C=O) groups excluding carboxylic acids is 1. The Morgan fingerprint density at radius 1 is 0.957 bits per heavy atom. The van der Waals surface area contributed by atoms with E-state index in [2.05, 4.69) is 19.1 Å². The minimum Gasteiger partial charge on any atom is -0.378 e. The summed E-state index contributed by atoms with van der Waals surface area (Å²) < 4.78 is 0. The minimum atomic E-state index is -0.0106. The van der Waals surface area contributed by atoms with Crippen molar-refractivity contribution in [3.8, 4) is 0 Å². The zero-order valence-electron chi connectivity index (χ0n) is 14.0. The highest BCUT2D eigenvalue weighted by Gasteiger charge is 1.95. The lowest BCUT2D eigenvalue weighted by molar-refractivity contribution is -0.110. The van der Waals surface area contributed by atoms with Crippen molar-refractivity contribution in [2.24, 2.45) is 0 Å². The molecule has 23 heavy (non-hydrogen) atoms. The SMILES string of the molecule is CCc1cccc(C=CC(=O)C=Cc2ccc(N(C)C)cc2)c1. The van der Waals surface area contributed by atoms with Crippen molar-refractivity contribution in [3.05, 3.63) is 77.4 Å². The van der Waals surface area contributed by atoms with Crippen LogP contribution in [0.4, 0.5) is 5.69 Å². The summed E-state index contributed by atoms with van der Waals surface area (Å²) in [7, 11) is 4.01. The Kier molecular flexibility index (Phi) is 5.93. The van der Waals surface area contributed by atoms with Gasteiger partial charge < -0.3 is 4.90 Å². The van der Waals surface area contributed by atoms with Gasteiger partial charge in [-0.05, 0) is 47.4 Å². The lowest BCUT2D eigenvalue weighted by atomic mass is 10.1. The molecule has 0 atom stereocenters. The van der Waals surface area contributed by atoms with Crippen LogP contribution in [0.3, 0.4) is 0 Å². The average Bonchev–Trinajstić information content (AvgIpc) is 2.58. The van der Waals surface area contributed by atoms with Gasteiger partial charge in [0.25, 0.3) is 0 Å². The third-order valence-corrected chi connectivity index (χ3v) is 3.65. The number of anilines is 1. The van der Waals surface area contributed by atoms with Gasteiger partial charge in [-0.25, -0.2) is 0 Å². The Bertz CT molecular complexity index is 709. The molecule has 0 aliphatic heterocycles. The molecular weight excluding hydrogens is 282 g/mol. The Morgan fingerprint density at radius 2 is 1.61 bits per heavy atom. The van der Waals surface area contributed by atoms with Gasteiger partial charge >= 0.3 is 0 Å². The lowest BCUT2D eigenvalue weighted by Crippen LogP contribution is -2.07. The van der Waals surface area contributed by atoms with Crippen LogP contribution >= 0.6 is 0 Å². The van der Waals surface area contributed by atoms with Crippen molar-refractivity contribution in [1.82, 2.24) is 0 Å². The van der Waals surface area contributed by atoms with Crippen molar-refractivity contribution in [1.29, 1.82) is 0 Å². The maximum absolute atomic E-state index is 11.9. The number of carbonyl (C=O) groups is 1. The first-order valence-corrected chi connectivity index (χ1v) is 7.85. The number of nitrogens with zero attached hydrogens (tertiary/aromatic N) is 1. The predicted molar refractivity (Wildman–Crippen MR) is 99.7 cm³/mol. The summed E-state index contributed by atoms with van der Waals surface area (Å²) >= 11 is 0. The largest absolute Gasteiger partial charge is 0.378 e. The van der Waals surface area contributed by atoms with Gasteiger partial charge in [-0.15, -0.1) is 0 Å². The molecule has 0 fully saturated rings. The summed E-state index contributed by atoms with van der Waals surface area (Å²) in [5, 5.41) is 0. The van der Waals surface area contributed by atoms with E-state index in [4.69, 9.17) is 0 Å². The molecule has 0 saturated heterocycles. The van der Waals surface area contributed by atoms with E-state index >= 15 is 0 Å². The van der Waals surface area contributed by atoms with Crippen LogP contribution in [0.5, 0.6) is 0 Å². The van der Waals surface area contributed by atoms with E-state index in [1.165, 1.54) is 5.56 Å².